The molecule has 0 aliphatic carbocycles. The van der Waals surface area contributed by atoms with Gasteiger partial charge in [0.1, 0.15) is 23.3 Å². The van der Waals surface area contributed by atoms with Crippen molar-refractivity contribution in [2.75, 3.05) is 7.11 Å². The zero-order valence-corrected chi connectivity index (χ0v) is 11.1. The Hall–Kier alpha value is -2.40. The molecule has 108 valence electrons. The van der Waals surface area contributed by atoms with Gasteiger partial charge in [-0.2, -0.15) is 0 Å². The molecule has 3 rings (SSSR count). The SMILES string of the molecule is COc1ccc(C(O)c2cc3cc(F)ccc3o2)cc1F. The standard InChI is InChI=1S/C16H12F2O3/c1-20-14-4-2-9(7-12(14)18)16(19)15-8-10-6-11(17)3-5-13(10)21-15/h2-8,16,19H,1H3. The van der Waals surface area contributed by atoms with Crippen LogP contribution in [0.25, 0.3) is 11.0 Å². The van der Waals surface area contributed by atoms with Gasteiger partial charge in [0.15, 0.2) is 11.6 Å². The van der Waals surface area contributed by atoms with Gasteiger partial charge in [-0.25, -0.2) is 8.78 Å². The summed E-state index contributed by atoms with van der Waals surface area (Å²) in [6.45, 7) is 0. The quantitative estimate of drug-likeness (QED) is 0.797. The van der Waals surface area contributed by atoms with Crippen LogP contribution in [0.2, 0.25) is 0 Å². The number of aliphatic hydroxyl groups is 1. The van der Waals surface area contributed by atoms with Gasteiger partial charge in [0, 0.05) is 5.39 Å². The lowest BCUT2D eigenvalue weighted by molar-refractivity contribution is 0.191. The molecule has 0 radical (unpaired) electrons. The fourth-order valence-electron chi connectivity index (χ4n) is 2.19. The van der Waals surface area contributed by atoms with Crippen LogP contribution in [0.5, 0.6) is 5.75 Å². The number of hydrogen-bond donors (Lipinski definition) is 1. The molecule has 1 aromatic heterocycles. The summed E-state index contributed by atoms with van der Waals surface area (Å²) in [6.07, 6.45) is -1.14. The smallest absolute Gasteiger partial charge is 0.165 e. The molecule has 0 fully saturated rings. The van der Waals surface area contributed by atoms with E-state index in [0.717, 1.165) is 0 Å². The molecule has 0 bridgehead atoms. The molecule has 5 heteroatoms. The molecule has 3 nitrogen and oxygen atoms in total. The van der Waals surface area contributed by atoms with Gasteiger partial charge in [0.25, 0.3) is 0 Å². The number of methoxy groups -OCH3 is 1. The predicted octanol–water partition coefficient (Wildman–Crippen LogP) is 3.80. The molecule has 0 spiro atoms. The first-order valence-corrected chi connectivity index (χ1v) is 6.29. The number of fused-ring (bicyclic) bond motifs is 1. The average molecular weight is 290 g/mol. The van der Waals surface area contributed by atoms with E-state index in [1.165, 1.54) is 43.5 Å². The Morgan fingerprint density at radius 2 is 1.90 bits per heavy atom. The zero-order chi connectivity index (χ0) is 15.0. The van der Waals surface area contributed by atoms with Gasteiger partial charge in [0.2, 0.25) is 0 Å². The van der Waals surface area contributed by atoms with Crippen molar-refractivity contribution in [1.29, 1.82) is 0 Å². The first-order chi connectivity index (χ1) is 10.1. The molecule has 1 atom stereocenters. The van der Waals surface area contributed by atoms with Crippen molar-refractivity contribution in [1.82, 2.24) is 0 Å². The lowest BCUT2D eigenvalue weighted by atomic mass is 10.1. The highest BCUT2D eigenvalue weighted by molar-refractivity contribution is 5.78. The van der Waals surface area contributed by atoms with Crippen LogP contribution in [0, 0.1) is 11.6 Å². The van der Waals surface area contributed by atoms with E-state index >= 15 is 0 Å². The second-order valence-electron chi connectivity index (χ2n) is 4.63. The molecule has 1 heterocycles. The van der Waals surface area contributed by atoms with Gasteiger partial charge in [-0.1, -0.05) is 6.07 Å². The molecular weight excluding hydrogens is 278 g/mol. The molecule has 0 aliphatic heterocycles. The lowest BCUT2D eigenvalue weighted by Gasteiger charge is -2.09. The number of hydrogen-bond acceptors (Lipinski definition) is 3. The average Bonchev–Trinajstić information content (AvgIpc) is 2.89. The van der Waals surface area contributed by atoms with Crippen molar-refractivity contribution in [2.24, 2.45) is 0 Å². The van der Waals surface area contributed by atoms with Crippen LogP contribution in [0.3, 0.4) is 0 Å². The minimum atomic E-state index is -1.14. The summed E-state index contributed by atoms with van der Waals surface area (Å²) in [7, 11) is 1.36. The lowest BCUT2D eigenvalue weighted by Crippen LogP contribution is -1.99. The molecular formula is C16H12F2O3. The van der Waals surface area contributed by atoms with Gasteiger partial charge >= 0.3 is 0 Å². The summed E-state index contributed by atoms with van der Waals surface area (Å²) >= 11 is 0. The Kier molecular flexibility index (Phi) is 3.35. The van der Waals surface area contributed by atoms with Crippen LogP contribution in [-0.2, 0) is 0 Å². The topological polar surface area (TPSA) is 42.6 Å². The number of rotatable bonds is 3. The Morgan fingerprint density at radius 3 is 2.62 bits per heavy atom. The Bertz CT molecular complexity index is 795. The first kappa shape index (κ1) is 13.6. The van der Waals surface area contributed by atoms with E-state index in [1.54, 1.807) is 6.07 Å². The molecule has 1 unspecified atom stereocenters. The largest absolute Gasteiger partial charge is 0.494 e. The van der Waals surface area contributed by atoms with Crippen LogP contribution in [0.4, 0.5) is 8.78 Å². The van der Waals surface area contributed by atoms with E-state index in [1.807, 2.05) is 0 Å². The maximum Gasteiger partial charge on any atom is 0.165 e. The summed E-state index contributed by atoms with van der Waals surface area (Å²) < 4.78 is 37.1. The number of ether oxygens (including phenoxy) is 1. The third-order valence-corrected chi connectivity index (χ3v) is 3.26. The van der Waals surface area contributed by atoms with Crippen LogP contribution >= 0.6 is 0 Å². The van der Waals surface area contributed by atoms with E-state index in [4.69, 9.17) is 9.15 Å². The number of furan rings is 1. The molecule has 1 N–H and O–H groups in total. The maximum atomic E-state index is 13.7. The monoisotopic (exact) mass is 290 g/mol. The van der Waals surface area contributed by atoms with Gasteiger partial charge < -0.3 is 14.3 Å². The first-order valence-electron chi connectivity index (χ1n) is 6.29. The second-order valence-corrected chi connectivity index (χ2v) is 4.63. The van der Waals surface area contributed by atoms with Gasteiger partial charge in [-0.05, 0) is 42.0 Å². The molecule has 0 amide bonds. The van der Waals surface area contributed by atoms with Crippen molar-refractivity contribution in [3.05, 3.63) is 65.4 Å². The third kappa shape index (κ3) is 2.48. The summed E-state index contributed by atoms with van der Waals surface area (Å²) in [5.41, 5.74) is 0.785. The number of halogens is 2. The Morgan fingerprint density at radius 1 is 1.10 bits per heavy atom. The fraction of sp³-hybridized carbons (Fsp3) is 0.125. The van der Waals surface area contributed by atoms with Crippen molar-refractivity contribution in [3.63, 3.8) is 0 Å². The normalized spacial score (nSPS) is 12.6. The van der Waals surface area contributed by atoms with Crippen LogP contribution < -0.4 is 4.74 Å². The molecule has 2 aromatic carbocycles. The van der Waals surface area contributed by atoms with E-state index in [-0.39, 0.29) is 17.3 Å². The Labute approximate surface area is 119 Å². The van der Waals surface area contributed by atoms with Crippen molar-refractivity contribution in [2.45, 2.75) is 6.10 Å². The van der Waals surface area contributed by atoms with Gasteiger partial charge in [0.05, 0.1) is 7.11 Å². The van der Waals surface area contributed by atoms with E-state index < -0.39 is 11.9 Å². The van der Waals surface area contributed by atoms with Crippen LogP contribution in [-0.4, -0.2) is 12.2 Å². The Balaban J connectivity index is 1.99. The van der Waals surface area contributed by atoms with Crippen molar-refractivity contribution in [3.8, 4) is 5.75 Å². The van der Waals surface area contributed by atoms with Crippen LogP contribution in [0.1, 0.15) is 17.4 Å². The molecule has 0 saturated carbocycles. The molecule has 3 aromatic rings. The fourth-order valence-corrected chi connectivity index (χ4v) is 2.19. The minimum Gasteiger partial charge on any atom is -0.494 e. The maximum absolute atomic E-state index is 13.7. The van der Waals surface area contributed by atoms with Crippen molar-refractivity contribution >= 4 is 11.0 Å². The van der Waals surface area contributed by atoms with E-state index in [0.29, 0.717) is 16.5 Å². The summed E-state index contributed by atoms with van der Waals surface area (Å²) in [4.78, 5) is 0. The number of benzene rings is 2. The van der Waals surface area contributed by atoms with E-state index in [2.05, 4.69) is 0 Å². The minimum absolute atomic E-state index is 0.0950. The van der Waals surface area contributed by atoms with Gasteiger partial charge in [-0.3, -0.25) is 0 Å². The van der Waals surface area contributed by atoms with E-state index in [9.17, 15) is 13.9 Å². The highest BCUT2D eigenvalue weighted by atomic mass is 19.1. The summed E-state index contributed by atoms with van der Waals surface area (Å²) in [5.74, 6) is -0.645. The zero-order valence-electron chi connectivity index (χ0n) is 11.1. The van der Waals surface area contributed by atoms with Gasteiger partial charge in [-0.15, -0.1) is 0 Å². The third-order valence-electron chi connectivity index (χ3n) is 3.26. The number of aliphatic hydroxyl groups excluding tert-OH is 1. The van der Waals surface area contributed by atoms with Crippen molar-refractivity contribution < 1.29 is 23.0 Å². The predicted molar refractivity (Wildman–Crippen MR) is 73.2 cm³/mol. The summed E-state index contributed by atoms with van der Waals surface area (Å²) in [6, 6.07) is 9.74. The molecule has 21 heavy (non-hydrogen) atoms. The van der Waals surface area contributed by atoms with Crippen LogP contribution in [0.15, 0.2) is 46.9 Å². The molecule has 0 saturated heterocycles. The molecule has 0 aliphatic rings. The highest BCUT2D eigenvalue weighted by Crippen LogP contribution is 2.30. The highest BCUT2D eigenvalue weighted by Gasteiger charge is 2.17. The summed E-state index contributed by atoms with van der Waals surface area (Å²) in [5, 5.41) is 10.8. The second kappa shape index (κ2) is 5.18.